The Kier molecular flexibility index (Phi) is 3.36. The third-order valence-corrected chi connectivity index (χ3v) is 4.99. The number of furan rings is 1. The second-order valence-electron chi connectivity index (χ2n) is 7.44. The minimum absolute atomic E-state index is 0.249. The highest BCUT2D eigenvalue weighted by Gasteiger charge is 2.40. The molecule has 1 saturated carbocycles. The van der Waals surface area contributed by atoms with Crippen LogP contribution in [-0.4, -0.2) is 5.11 Å². The van der Waals surface area contributed by atoms with Gasteiger partial charge in [0.25, 0.3) is 0 Å². The van der Waals surface area contributed by atoms with Crippen LogP contribution in [0.5, 0.6) is 0 Å². The summed E-state index contributed by atoms with van der Waals surface area (Å²) in [7, 11) is 0. The Morgan fingerprint density at radius 1 is 1.24 bits per heavy atom. The third-order valence-electron chi connectivity index (χ3n) is 4.99. The highest BCUT2D eigenvalue weighted by Crippen LogP contribution is 2.46. The quantitative estimate of drug-likeness (QED) is 0.802. The SMILES string of the molecule is CC(C)(C)C1CCC(O)(c2cc3cccc(F)c3o2)CC1. The summed E-state index contributed by atoms with van der Waals surface area (Å²) >= 11 is 0. The molecule has 1 aliphatic rings. The van der Waals surface area contributed by atoms with Crippen LogP contribution in [0.3, 0.4) is 0 Å². The van der Waals surface area contributed by atoms with Crippen molar-refractivity contribution in [2.75, 3.05) is 0 Å². The number of fused-ring (bicyclic) bond motifs is 1. The highest BCUT2D eigenvalue weighted by molar-refractivity contribution is 5.78. The maximum absolute atomic E-state index is 13.7. The van der Waals surface area contributed by atoms with Crippen LogP contribution in [0.15, 0.2) is 28.7 Å². The summed E-state index contributed by atoms with van der Waals surface area (Å²) < 4.78 is 19.4. The fourth-order valence-corrected chi connectivity index (χ4v) is 3.46. The minimum Gasteiger partial charge on any atom is -0.455 e. The van der Waals surface area contributed by atoms with Crippen LogP contribution in [0, 0.1) is 17.2 Å². The maximum Gasteiger partial charge on any atom is 0.170 e. The van der Waals surface area contributed by atoms with Crippen LogP contribution < -0.4 is 0 Å². The normalized spacial score (nSPS) is 27.2. The van der Waals surface area contributed by atoms with E-state index in [1.165, 1.54) is 6.07 Å². The van der Waals surface area contributed by atoms with Crippen LogP contribution in [0.4, 0.5) is 4.39 Å². The molecule has 3 heteroatoms. The van der Waals surface area contributed by atoms with Crippen LogP contribution in [-0.2, 0) is 5.60 Å². The Morgan fingerprint density at radius 3 is 2.48 bits per heavy atom. The van der Waals surface area contributed by atoms with E-state index in [1.807, 2.05) is 6.07 Å². The molecule has 1 N–H and O–H groups in total. The highest BCUT2D eigenvalue weighted by atomic mass is 19.1. The van der Waals surface area contributed by atoms with Crippen molar-refractivity contribution in [2.24, 2.45) is 11.3 Å². The van der Waals surface area contributed by atoms with Gasteiger partial charge in [0.1, 0.15) is 11.4 Å². The third kappa shape index (κ3) is 2.59. The van der Waals surface area contributed by atoms with Crippen molar-refractivity contribution in [3.05, 3.63) is 35.8 Å². The Bertz CT molecular complexity index is 643. The summed E-state index contributed by atoms with van der Waals surface area (Å²) in [6.45, 7) is 6.75. The topological polar surface area (TPSA) is 33.4 Å². The van der Waals surface area contributed by atoms with Crippen molar-refractivity contribution < 1.29 is 13.9 Å². The number of para-hydroxylation sites is 1. The molecule has 0 spiro atoms. The predicted octanol–water partition coefficient (Wildman–Crippen LogP) is 5.00. The molecule has 1 aromatic carbocycles. The van der Waals surface area contributed by atoms with E-state index in [-0.39, 0.29) is 16.8 Å². The lowest BCUT2D eigenvalue weighted by atomic mass is 9.68. The van der Waals surface area contributed by atoms with E-state index in [4.69, 9.17) is 4.42 Å². The summed E-state index contributed by atoms with van der Waals surface area (Å²) in [5, 5.41) is 11.6. The van der Waals surface area contributed by atoms with E-state index in [1.54, 1.807) is 12.1 Å². The van der Waals surface area contributed by atoms with Gasteiger partial charge in [0, 0.05) is 5.39 Å². The van der Waals surface area contributed by atoms with Crippen molar-refractivity contribution in [3.8, 4) is 0 Å². The summed E-state index contributed by atoms with van der Waals surface area (Å²) in [6, 6.07) is 6.65. The largest absolute Gasteiger partial charge is 0.455 e. The number of benzene rings is 1. The first-order valence-electron chi connectivity index (χ1n) is 7.70. The van der Waals surface area contributed by atoms with E-state index in [2.05, 4.69) is 20.8 Å². The smallest absolute Gasteiger partial charge is 0.170 e. The van der Waals surface area contributed by atoms with Crippen LogP contribution in [0.1, 0.15) is 52.2 Å². The molecule has 114 valence electrons. The van der Waals surface area contributed by atoms with Gasteiger partial charge in [-0.2, -0.15) is 0 Å². The van der Waals surface area contributed by atoms with Gasteiger partial charge in [-0.1, -0.05) is 32.9 Å². The molecule has 0 saturated heterocycles. The van der Waals surface area contributed by atoms with Crippen LogP contribution in [0.2, 0.25) is 0 Å². The average Bonchev–Trinajstić information content (AvgIpc) is 2.84. The van der Waals surface area contributed by atoms with Crippen molar-refractivity contribution >= 4 is 11.0 Å². The average molecular weight is 290 g/mol. The van der Waals surface area contributed by atoms with Gasteiger partial charge >= 0.3 is 0 Å². The summed E-state index contributed by atoms with van der Waals surface area (Å²) in [5.41, 5.74) is -0.437. The van der Waals surface area contributed by atoms with Crippen LogP contribution in [0.25, 0.3) is 11.0 Å². The van der Waals surface area contributed by atoms with Gasteiger partial charge < -0.3 is 9.52 Å². The first-order chi connectivity index (χ1) is 9.79. The number of hydrogen-bond donors (Lipinski definition) is 1. The molecule has 21 heavy (non-hydrogen) atoms. The molecular formula is C18H23FO2. The lowest BCUT2D eigenvalue weighted by Gasteiger charge is -2.40. The van der Waals surface area contributed by atoms with Crippen molar-refractivity contribution in [2.45, 2.75) is 52.1 Å². The molecule has 2 nitrogen and oxygen atoms in total. The number of hydrogen-bond acceptors (Lipinski definition) is 2. The maximum atomic E-state index is 13.7. The molecular weight excluding hydrogens is 267 g/mol. The number of rotatable bonds is 1. The van der Waals surface area contributed by atoms with Crippen LogP contribution >= 0.6 is 0 Å². The second-order valence-corrected chi connectivity index (χ2v) is 7.44. The first kappa shape index (κ1) is 14.6. The molecule has 1 fully saturated rings. The molecule has 1 heterocycles. The van der Waals surface area contributed by atoms with E-state index in [9.17, 15) is 9.50 Å². The molecule has 0 radical (unpaired) electrons. The molecule has 0 aliphatic heterocycles. The van der Waals surface area contributed by atoms with Gasteiger partial charge in [-0.3, -0.25) is 0 Å². The van der Waals surface area contributed by atoms with Gasteiger partial charge in [0.15, 0.2) is 11.4 Å². The van der Waals surface area contributed by atoms with E-state index >= 15 is 0 Å². The van der Waals surface area contributed by atoms with Crippen molar-refractivity contribution in [1.29, 1.82) is 0 Å². The zero-order chi connectivity index (χ0) is 15.3. The molecule has 0 atom stereocenters. The van der Waals surface area contributed by atoms with Gasteiger partial charge in [0.2, 0.25) is 0 Å². The minimum atomic E-state index is -0.951. The van der Waals surface area contributed by atoms with E-state index < -0.39 is 5.60 Å². The van der Waals surface area contributed by atoms with Crippen molar-refractivity contribution in [3.63, 3.8) is 0 Å². The zero-order valence-electron chi connectivity index (χ0n) is 12.9. The zero-order valence-corrected chi connectivity index (χ0v) is 12.9. The molecule has 1 aliphatic carbocycles. The second kappa shape index (κ2) is 4.84. The number of halogens is 1. The monoisotopic (exact) mass is 290 g/mol. The Hall–Kier alpha value is -1.35. The molecule has 0 bridgehead atoms. The Balaban J connectivity index is 1.87. The molecule has 0 amide bonds. The first-order valence-corrected chi connectivity index (χ1v) is 7.70. The van der Waals surface area contributed by atoms with Crippen molar-refractivity contribution in [1.82, 2.24) is 0 Å². The molecule has 3 rings (SSSR count). The lowest BCUT2D eigenvalue weighted by molar-refractivity contribution is -0.0445. The summed E-state index contributed by atoms with van der Waals surface area (Å²) in [4.78, 5) is 0. The molecule has 2 aromatic rings. The van der Waals surface area contributed by atoms with Gasteiger partial charge in [0.05, 0.1) is 0 Å². The van der Waals surface area contributed by atoms with Gasteiger partial charge in [-0.25, -0.2) is 4.39 Å². The summed E-state index contributed by atoms with van der Waals surface area (Å²) in [6.07, 6.45) is 3.30. The van der Waals surface area contributed by atoms with E-state index in [0.717, 1.165) is 18.2 Å². The number of aliphatic hydroxyl groups is 1. The fourth-order valence-electron chi connectivity index (χ4n) is 3.46. The van der Waals surface area contributed by atoms with E-state index in [0.29, 0.717) is 24.5 Å². The lowest BCUT2D eigenvalue weighted by Crippen LogP contribution is -2.35. The Morgan fingerprint density at radius 2 is 1.90 bits per heavy atom. The molecule has 1 aromatic heterocycles. The predicted molar refractivity (Wildman–Crippen MR) is 81.5 cm³/mol. The fraction of sp³-hybridized carbons (Fsp3) is 0.556. The van der Waals surface area contributed by atoms with Gasteiger partial charge in [-0.15, -0.1) is 0 Å². The Labute approximate surface area is 125 Å². The summed E-state index contributed by atoms with van der Waals surface area (Å²) in [5.74, 6) is 0.750. The van der Waals surface area contributed by atoms with Gasteiger partial charge in [-0.05, 0) is 49.1 Å². The molecule has 0 unspecified atom stereocenters. The standard InChI is InChI=1S/C18H23FO2/c1-17(2,3)13-7-9-18(20,10-8-13)15-11-12-5-4-6-14(19)16(12)21-15/h4-6,11,13,20H,7-10H2,1-3H3.